The summed E-state index contributed by atoms with van der Waals surface area (Å²) in [5.41, 5.74) is 0. The molecule has 1 atom stereocenters. The van der Waals surface area contributed by atoms with E-state index in [0.29, 0.717) is 0 Å². The summed E-state index contributed by atoms with van der Waals surface area (Å²) < 4.78 is 1.49. The molecule has 0 heterocycles. The van der Waals surface area contributed by atoms with Crippen LogP contribution in [-0.4, -0.2) is 22.5 Å². The second-order valence-corrected chi connectivity index (χ2v) is 5.93. The smallest absolute Gasteiger partial charge is 0.269 e. The standard InChI is InChI=1S/C14H29.FH.Sn/c1-4-6-8-9-11-13-14(3)12-10-7-5-2;;/h14H,3-13H2,1-2H3;1H;. The van der Waals surface area contributed by atoms with E-state index in [1.54, 1.807) is 22.5 Å². The molecule has 0 aliphatic carbocycles. The molecule has 0 spiro atoms. The van der Waals surface area contributed by atoms with Crippen LogP contribution >= 0.6 is 0 Å². The van der Waals surface area contributed by atoms with E-state index in [9.17, 15) is 0 Å². The molecule has 0 bridgehead atoms. The van der Waals surface area contributed by atoms with Crippen LogP contribution in [0.3, 0.4) is 0 Å². The normalized spacial score (nSPS) is 12.2. The van der Waals surface area contributed by atoms with Crippen LogP contribution in [0.5, 0.6) is 0 Å². The molecule has 0 aromatic heterocycles. The summed E-state index contributed by atoms with van der Waals surface area (Å²) >= 11 is 1.75. The Morgan fingerprint density at radius 1 is 0.750 bits per heavy atom. The van der Waals surface area contributed by atoms with Gasteiger partial charge < -0.3 is 0 Å². The number of rotatable bonds is 11. The Kier molecular flexibility index (Phi) is 18.8. The van der Waals surface area contributed by atoms with E-state index in [1.807, 2.05) is 0 Å². The van der Waals surface area contributed by atoms with Crippen LogP contribution < -0.4 is 0 Å². The van der Waals surface area contributed by atoms with Crippen LogP contribution in [0.1, 0.15) is 78.1 Å². The topological polar surface area (TPSA) is 0 Å². The van der Waals surface area contributed by atoms with E-state index in [1.165, 1.54) is 68.6 Å². The Morgan fingerprint density at radius 2 is 1.19 bits per heavy atom. The first-order valence-corrected chi connectivity index (χ1v) is 9.01. The Morgan fingerprint density at radius 3 is 1.69 bits per heavy atom. The maximum Gasteiger partial charge on any atom is -0.269 e. The maximum absolute atomic E-state index is 2.30. The van der Waals surface area contributed by atoms with Gasteiger partial charge in [0.15, 0.2) is 0 Å². The van der Waals surface area contributed by atoms with E-state index in [0.717, 1.165) is 5.92 Å². The zero-order valence-corrected chi connectivity index (χ0v) is 14.1. The third kappa shape index (κ3) is 12.8. The SMILES string of the molecule is CCCCCCCC([CH2][Sn])CCCCC.F. The van der Waals surface area contributed by atoms with Gasteiger partial charge in [0, 0.05) is 0 Å². The molecule has 97 valence electrons. The predicted octanol–water partition coefficient (Wildman–Crippen LogP) is 5.28. The van der Waals surface area contributed by atoms with E-state index in [4.69, 9.17) is 0 Å². The number of unbranched alkanes of at least 4 members (excludes halogenated alkanes) is 6. The Bertz CT molecular complexity index is 117. The summed E-state index contributed by atoms with van der Waals surface area (Å²) in [6.45, 7) is 4.60. The van der Waals surface area contributed by atoms with E-state index < -0.39 is 0 Å². The Labute approximate surface area is 115 Å². The van der Waals surface area contributed by atoms with Gasteiger partial charge in [0.1, 0.15) is 0 Å². The predicted molar refractivity (Wildman–Crippen MR) is 74.1 cm³/mol. The second-order valence-electron chi connectivity index (χ2n) is 4.77. The molecule has 0 saturated heterocycles. The van der Waals surface area contributed by atoms with Gasteiger partial charge in [-0.15, -0.1) is 0 Å². The fourth-order valence-electron chi connectivity index (χ4n) is 2.07. The minimum Gasteiger partial charge on any atom is -0.269 e. The van der Waals surface area contributed by atoms with Crippen molar-refractivity contribution in [3.63, 3.8) is 0 Å². The number of halogens is 1. The van der Waals surface area contributed by atoms with Crippen LogP contribution in [0.15, 0.2) is 0 Å². The molecule has 0 fully saturated rings. The van der Waals surface area contributed by atoms with Crippen molar-refractivity contribution in [2.45, 2.75) is 82.5 Å². The van der Waals surface area contributed by atoms with Gasteiger partial charge >= 0.3 is 111 Å². The van der Waals surface area contributed by atoms with Gasteiger partial charge in [-0.25, -0.2) is 0 Å². The molecule has 0 nitrogen and oxygen atoms in total. The first kappa shape index (κ1) is 19.1. The van der Waals surface area contributed by atoms with Crippen LogP contribution in [-0.2, 0) is 0 Å². The quantitative estimate of drug-likeness (QED) is 0.356. The molecule has 3 radical (unpaired) electrons. The zero-order valence-electron chi connectivity index (χ0n) is 11.3. The minimum atomic E-state index is 0. The van der Waals surface area contributed by atoms with Crippen molar-refractivity contribution in [1.82, 2.24) is 0 Å². The summed E-state index contributed by atoms with van der Waals surface area (Å²) in [4.78, 5) is 0. The monoisotopic (exact) mass is 337 g/mol. The molecule has 16 heavy (non-hydrogen) atoms. The zero-order chi connectivity index (χ0) is 11.4. The van der Waals surface area contributed by atoms with Crippen LogP contribution in [0.25, 0.3) is 0 Å². The molecule has 0 aliphatic heterocycles. The fourth-order valence-corrected chi connectivity index (χ4v) is 3.23. The largest absolute Gasteiger partial charge is 0.269 e. The minimum absolute atomic E-state index is 0. The van der Waals surface area contributed by atoms with Crippen molar-refractivity contribution < 1.29 is 4.70 Å². The van der Waals surface area contributed by atoms with E-state index >= 15 is 0 Å². The van der Waals surface area contributed by atoms with Crippen molar-refractivity contribution >= 4 is 22.5 Å². The Hall–Kier alpha value is 0.729. The molecule has 0 rings (SSSR count). The molecule has 0 aliphatic rings. The van der Waals surface area contributed by atoms with Crippen molar-refractivity contribution in [1.29, 1.82) is 0 Å². The summed E-state index contributed by atoms with van der Waals surface area (Å²) in [6.07, 6.45) is 14.6. The van der Waals surface area contributed by atoms with Crippen LogP contribution in [0.2, 0.25) is 4.44 Å². The third-order valence-corrected chi connectivity index (χ3v) is 4.87. The third-order valence-electron chi connectivity index (χ3n) is 3.22. The first-order valence-electron chi connectivity index (χ1n) is 6.99. The number of hydrogen-bond acceptors (Lipinski definition) is 0. The average molecular weight is 336 g/mol. The molecule has 0 amide bonds. The van der Waals surface area contributed by atoms with Gasteiger partial charge in [-0.05, 0) is 0 Å². The molecule has 0 saturated carbocycles. The van der Waals surface area contributed by atoms with Crippen molar-refractivity contribution in [3.05, 3.63) is 0 Å². The van der Waals surface area contributed by atoms with Crippen molar-refractivity contribution in [3.8, 4) is 0 Å². The molecule has 1 unspecified atom stereocenters. The first-order chi connectivity index (χ1) is 7.35. The van der Waals surface area contributed by atoms with Crippen molar-refractivity contribution in [2.24, 2.45) is 5.92 Å². The van der Waals surface area contributed by atoms with Crippen LogP contribution in [0, 0.1) is 5.92 Å². The van der Waals surface area contributed by atoms with E-state index in [2.05, 4.69) is 13.8 Å². The van der Waals surface area contributed by atoms with Gasteiger partial charge in [-0.3, -0.25) is 4.70 Å². The van der Waals surface area contributed by atoms with Crippen LogP contribution in [0.4, 0.5) is 4.70 Å². The van der Waals surface area contributed by atoms with Gasteiger partial charge in [-0.2, -0.15) is 0 Å². The van der Waals surface area contributed by atoms with Gasteiger partial charge in [-0.1, -0.05) is 0 Å². The second kappa shape index (κ2) is 15.7. The van der Waals surface area contributed by atoms with Crippen molar-refractivity contribution in [2.75, 3.05) is 0 Å². The van der Waals surface area contributed by atoms with Gasteiger partial charge in [0.25, 0.3) is 0 Å². The fraction of sp³-hybridized carbons (Fsp3) is 1.00. The molecule has 0 aromatic carbocycles. The molecular weight excluding hydrogens is 306 g/mol. The van der Waals surface area contributed by atoms with Gasteiger partial charge in [0.2, 0.25) is 0 Å². The number of hydrogen-bond donors (Lipinski definition) is 0. The summed E-state index contributed by atoms with van der Waals surface area (Å²) in [5.74, 6) is 1.07. The molecule has 0 N–H and O–H groups in total. The molecule has 0 aromatic rings. The molecular formula is C14H30FSn. The average Bonchev–Trinajstić information content (AvgIpc) is 2.26. The Balaban J connectivity index is 0. The molecule has 2 heteroatoms. The summed E-state index contributed by atoms with van der Waals surface area (Å²) in [7, 11) is 0. The maximum atomic E-state index is 2.30. The van der Waals surface area contributed by atoms with Gasteiger partial charge in [0.05, 0.1) is 0 Å². The summed E-state index contributed by atoms with van der Waals surface area (Å²) in [6, 6.07) is 0. The summed E-state index contributed by atoms with van der Waals surface area (Å²) in [5, 5.41) is 0. The van der Waals surface area contributed by atoms with E-state index in [-0.39, 0.29) is 4.70 Å².